The first-order chi connectivity index (χ1) is 9.29. The van der Waals surface area contributed by atoms with Crippen LogP contribution in [0.2, 0.25) is 0 Å². The first-order valence-electron chi connectivity index (χ1n) is 5.95. The van der Waals surface area contributed by atoms with E-state index in [1.165, 1.54) is 17.0 Å². The minimum absolute atomic E-state index is 0.0604. The summed E-state index contributed by atoms with van der Waals surface area (Å²) in [6.07, 6.45) is -4.57. The molecule has 1 heterocycles. The lowest BCUT2D eigenvalue weighted by molar-refractivity contribution is -0.137. The van der Waals surface area contributed by atoms with Crippen molar-refractivity contribution in [3.8, 4) is 6.07 Å². The van der Waals surface area contributed by atoms with Crippen molar-refractivity contribution in [3.05, 3.63) is 29.3 Å². The molecule has 0 bridgehead atoms. The van der Waals surface area contributed by atoms with E-state index >= 15 is 0 Å². The lowest BCUT2D eigenvalue weighted by Crippen LogP contribution is -2.32. The van der Waals surface area contributed by atoms with Gasteiger partial charge < -0.3 is 10.0 Å². The summed E-state index contributed by atoms with van der Waals surface area (Å²) in [7, 11) is 0. The van der Waals surface area contributed by atoms with E-state index < -0.39 is 29.6 Å². The van der Waals surface area contributed by atoms with Gasteiger partial charge in [0.15, 0.2) is 5.67 Å². The van der Waals surface area contributed by atoms with Gasteiger partial charge in [-0.15, -0.1) is 0 Å². The molecule has 1 atom stereocenters. The lowest BCUT2D eigenvalue weighted by Gasteiger charge is -2.22. The van der Waals surface area contributed by atoms with E-state index in [9.17, 15) is 17.6 Å². The molecule has 0 spiro atoms. The molecule has 0 amide bonds. The molecular weight excluding hydrogens is 276 g/mol. The molecule has 0 aromatic heterocycles. The van der Waals surface area contributed by atoms with Gasteiger partial charge >= 0.3 is 6.18 Å². The number of rotatable bonds is 2. The highest BCUT2D eigenvalue weighted by Gasteiger charge is 2.39. The smallest absolute Gasteiger partial charge is 0.393 e. The van der Waals surface area contributed by atoms with Crippen molar-refractivity contribution in [2.24, 2.45) is 0 Å². The third-order valence-electron chi connectivity index (χ3n) is 3.38. The number of nitrogens with zero attached hydrogens (tertiary/aromatic N) is 2. The van der Waals surface area contributed by atoms with Gasteiger partial charge in [0.05, 0.1) is 30.3 Å². The number of anilines is 1. The van der Waals surface area contributed by atoms with E-state index in [2.05, 4.69) is 0 Å². The Morgan fingerprint density at radius 2 is 2.10 bits per heavy atom. The molecule has 1 aromatic carbocycles. The summed E-state index contributed by atoms with van der Waals surface area (Å²) in [4.78, 5) is 1.44. The van der Waals surface area contributed by atoms with Gasteiger partial charge in [-0.05, 0) is 18.2 Å². The van der Waals surface area contributed by atoms with Crippen molar-refractivity contribution in [2.75, 3.05) is 24.6 Å². The van der Waals surface area contributed by atoms with Crippen molar-refractivity contribution in [2.45, 2.75) is 18.3 Å². The van der Waals surface area contributed by atoms with Crippen LogP contribution in [-0.4, -0.2) is 30.5 Å². The number of aliphatic hydroxyl groups is 1. The van der Waals surface area contributed by atoms with E-state index in [-0.39, 0.29) is 25.2 Å². The minimum Gasteiger partial charge on any atom is -0.393 e. The number of aliphatic hydroxyl groups excluding tert-OH is 1. The van der Waals surface area contributed by atoms with Gasteiger partial charge in [0.1, 0.15) is 0 Å². The number of hydrogen-bond donors (Lipinski definition) is 1. The Bertz CT molecular complexity index is 552. The molecular formula is C13H12F4N2O. The molecule has 1 N–H and O–H groups in total. The van der Waals surface area contributed by atoms with E-state index in [0.717, 1.165) is 12.1 Å². The molecule has 3 nitrogen and oxygen atoms in total. The zero-order chi connectivity index (χ0) is 15.0. The fourth-order valence-electron chi connectivity index (χ4n) is 2.25. The normalized spacial score (nSPS) is 22.9. The molecule has 0 radical (unpaired) electrons. The highest BCUT2D eigenvalue weighted by Crippen LogP contribution is 2.36. The van der Waals surface area contributed by atoms with Crippen molar-refractivity contribution in [1.82, 2.24) is 0 Å². The standard InChI is InChI=1S/C13H12F4N2O/c14-12(8-20)3-4-19(7-12)10-2-1-9(6-18)11(5-10)13(15,16)17/h1-2,5,20H,3-4,7-8H2/t12-/m0/s1. The Morgan fingerprint density at radius 1 is 1.40 bits per heavy atom. The fraction of sp³-hybridized carbons (Fsp3) is 0.462. The van der Waals surface area contributed by atoms with Gasteiger partial charge in [0.2, 0.25) is 0 Å². The summed E-state index contributed by atoms with van der Waals surface area (Å²) in [6, 6.07) is 4.78. The Morgan fingerprint density at radius 3 is 2.60 bits per heavy atom. The zero-order valence-corrected chi connectivity index (χ0v) is 10.4. The number of halogens is 4. The molecule has 0 aliphatic carbocycles. The molecule has 7 heteroatoms. The highest BCUT2D eigenvalue weighted by molar-refractivity contribution is 5.55. The van der Waals surface area contributed by atoms with Crippen LogP contribution in [0.1, 0.15) is 17.5 Å². The summed E-state index contributed by atoms with van der Waals surface area (Å²) in [5.74, 6) is 0. The predicted octanol–water partition coefficient (Wildman–Crippen LogP) is 2.49. The van der Waals surface area contributed by atoms with Gasteiger partial charge in [0.25, 0.3) is 0 Å². The maximum atomic E-state index is 13.9. The second-order valence-electron chi connectivity index (χ2n) is 4.82. The number of hydrogen-bond acceptors (Lipinski definition) is 3. The number of benzene rings is 1. The average molecular weight is 288 g/mol. The topological polar surface area (TPSA) is 47.3 Å². The monoisotopic (exact) mass is 288 g/mol. The summed E-state index contributed by atoms with van der Waals surface area (Å²) < 4.78 is 52.4. The van der Waals surface area contributed by atoms with E-state index in [0.29, 0.717) is 0 Å². The van der Waals surface area contributed by atoms with Crippen LogP contribution in [0.25, 0.3) is 0 Å². The summed E-state index contributed by atoms with van der Waals surface area (Å²) in [5.41, 5.74) is -3.08. The number of alkyl halides is 4. The van der Waals surface area contributed by atoms with Gasteiger partial charge in [-0.2, -0.15) is 18.4 Å². The predicted molar refractivity (Wildman–Crippen MR) is 63.9 cm³/mol. The van der Waals surface area contributed by atoms with Crippen LogP contribution < -0.4 is 4.90 Å². The third-order valence-corrected chi connectivity index (χ3v) is 3.38. The molecule has 1 aliphatic heterocycles. The molecule has 1 aromatic rings. The summed E-state index contributed by atoms with van der Waals surface area (Å²) >= 11 is 0. The van der Waals surface area contributed by atoms with Crippen LogP contribution in [-0.2, 0) is 6.18 Å². The third kappa shape index (κ3) is 2.70. The molecule has 1 aliphatic rings. The zero-order valence-electron chi connectivity index (χ0n) is 10.4. The first kappa shape index (κ1) is 14.6. The molecule has 108 valence electrons. The first-order valence-corrected chi connectivity index (χ1v) is 5.95. The lowest BCUT2D eigenvalue weighted by atomic mass is 10.1. The van der Waals surface area contributed by atoms with Crippen molar-refractivity contribution < 1.29 is 22.7 Å². The van der Waals surface area contributed by atoms with E-state index in [4.69, 9.17) is 10.4 Å². The van der Waals surface area contributed by atoms with Crippen LogP contribution in [0.4, 0.5) is 23.2 Å². The number of nitriles is 1. The summed E-state index contributed by atoms with van der Waals surface area (Å²) in [6.45, 7) is -0.598. The molecule has 1 saturated heterocycles. The molecule has 1 fully saturated rings. The molecule has 20 heavy (non-hydrogen) atoms. The maximum Gasteiger partial charge on any atom is 0.417 e. The molecule has 0 unspecified atom stereocenters. The van der Waals surface area contributed by atoms with Gasteiger partial charge in [-0.25, -0.2) is 4.39 Å². The second-order valence-corrected chi connectivity index (χ2v) is 4.82. The minimum atomic E-state index is -4.63. The fourth-order valence-corrected chi connectivity index (χ4v) is 2.25. The van der Waals surface area contributed by atoms with Crippen LogP contribution >= 0.6 is 0 Å². The second kappa shape index (κ2) is 4.94. The van der Waals surface area contributed by atoms with Crippen LogP contribution in [0.3, 0.4) is 0 Å². The van der Waals surface area contributed by atoms with E-state index in [1.807, 2.05) is 0 Å². The Hall–Kier alpha value is -1.81. The highest BCUT2D eigenvalue weighted by atomic mass is 19.4. The maximum absolute atomic E-state index is 13.9. The Labute approximate surface area is 113 Å². The molecule has 0 saturated carbocycles. The van der Waals surface area contributed by atoms with Crippen molar-refractivity contribution >= 4 is 5.69 Å². The SMILES string of the molecule is N#Cc1ccc(N2CC[C@@](F)(CO)C2)cc1C(F)(F)F. The Balaban J connectivity index is 2.34. The van der Waals surface area contributed by atoms with Crippen molar-refractivity contribution in [1.29, 1.82) is 5.26 Å². The Kier molecular flexibility index (Phi) is 3.61. The van der Waals surface area contributed by atoms with Gasteiger partial charge in [-0.3, -0.25) is 0 Å². The van der Waals surface area contributed by atoms with Gasteiger partial charge in [0, 0.05) is 18.7 Å². The van der Waals surface area contributed by atoms with Crippen LogP contribution in [0.15, 0.2) is 18.2 Å². The largest absolute Gasteiger partial charge is 0.417 e. The van der Waals surface area contributed by atoms with Crippen molar-refractivity contribution in [3.63, 3.8) is 0 Å². The van der Waals surface area contributed by atoms with Crippen LogP contribution in [0, 0.1) is 11.3 Å². The summed E-state index contributed by atoms with van der Waals surface area (Å²) in [5, 5.41) is 17.6. The average Bonchev–Trinajstić information content (AvgIpc) is 2.80. The van der Waals surface area contributed by atoms with Gasteiger partial charge in [-0.1, -0.05) is 0 Å². The quantitative estimate of drug-likeness (QED) is 0.851. The van der Waals surface area contributed by atoms with Crippen LogP contribution in [0.5, 0.6) is 0 Å². The van der Waals surface area contributed by atoms with E-state index in [1.54, 1.807) is 0 Å². The molecule has 2 rings (SSSR count).